The third kappa shape index (κ3) is 4.92. The fraction of sp³-hybridized carbons (Fsp3) is 0.333. The van der Waals surface area contributed by atoms with Crippen LogP contribution in [0.2, 0.25) is 0 Å². The van der Waals surface area contributed by atoms with Gasteiger partial charge in [-0.1, -0.05) is 54.6 Å². The zero-order chi connectivity index (χ0) is 17.5. The van der Waals surface area contributed by atoms with Crippen molar-refractivity contribution in [1.29, 1.82) is 0 Å². The van der Waals surface area contributed by atoms with Crippen molar-refractivity contribution >= 4 is 11.8 Å². The number of hydrogen-bond acceptors (Lipinski definition) is 2. The summed E-state index contributed by atoms with van der Waals surface area (Å²) in [5, 5.41) is 5.93. The number of nitrogens with one attached hydrogen (secondary N) is 2. The van der Waals surface area contributed by atoms with Gasteiger partial charge in [-0.15, -0.1) is 0 Å². The molecule has 3 rings (SSSR count). The van der Waals surface area contributed by atoms with E-state index in [0.29, 0.717) is 19.4 Å². The molecule has 1 aliphatic carbocycles. The molecule has 0 heterocycles. The molecular weight excluding hydrogens is 312 g/mol. The second kappa shape index (κ2) is 8.47. The van der Waals surface area contributed by atoms with E-state index in [9.17, 15) is 9.59 Å². The summed E-state index contributed by atoms with van der Waals surface area (Å²) >= 11 is 0. The molecule has 130 valence electrons. The third-order valence-electron chi connectivity index (χ3n) is 4.59. The molecule has 1 atom stereocenters. The molecule has 0 bridgehead atoms. The minimum atomic E-state index is -0.0537. The first-order valence-corrected chi connectivity index (χ1v) is 8.90. The summed E-state index contributed by atoms with van der Waals surface area (Å²) in [7, 11) is 0. The summed E-state index contributed by atoms with van der Waals surface area (Å²) in [4.78, 5) is 24.1. The van der Waals surface area contributed by atoms with Crippen molar-refractivity contribution in [2.75, 3.05) is 6.54 Å². The minimum Gasteiger partial charge on any atom is -0.355 e. The van der Waals surface area contributed by atoms with E-state index in [0.717, 1.165) is 24.8 Å². The molecule has 1 unspecified atom stereocenters. The van der Waals surface area contributed by atoms with Crippen LogP contribution < -0.4 is 10.6 Å². The smallest absolute Gasteiger partial charge is 0.224 e. The van der Waals surface area contributed by atoms with Gasteiger partial charge in [-0.2, -0.15) is 0 Å². The Morgan fingerprint density at radius 1 is 0.960 bits per heavy atom. The number of carbonyl (C=O) groups excluding carboxylic acids is 2. The van der Waals surface area contributed by atoms with Crippen LogP contribution in [0.25, 0.3) is 0 Å². The normalized spacial score (nSPS) is 15.9. The van der Waals surface area contributed by atoms with Crippen LogP contribution in [0, 0.1) is 0 Å². The fourth-order valence-electron chi connectivity index (χ4n) is 3.33. The van der Waals surface area contributed by atoms with Crippen LogP contribution in [0.4, 0.5) is 0 Å². The van der Waals surface area contributed by atoms with Gasteiger partial charge in [-0.05, 0) is 36.0 Å². The van der Waals surface area contributed by atoms with E-state index in [1.807, 2.05) is 42.5 Å². The molecule has 0 fully saturated rings. The van der Waals surface area contributed by atoms with Crippen LogP contribution in [0.5, 0.6) is 0 Å². The van der Waals surface area contributed by atoms with Gasteiger partial charge in [0.15, 0.2) is 0 Å². The molecular formula is C21H24N2O2. The average molecular weight is 336 g/mol. The van der Waals surface area contributed by atoms with Gasteiger partial charge in [0.05, 0.1) is 12.5 Å². The van der Waals surface area contributed by atoms with E-state index in [2.05, 4.69) is 22.8 Å². The maximum Gasteiger partial charge on any atom is 0.224 e. The predicted molar refractivity (Wildman–Crippen MR) is 98.0 cm³/mol. The van der Waals surface area contributed by atoms with E-state index < -0.39 is 0 Å². The Kier molecular flexibility index (Phi) is 5.83. The maximum atomic E-state index is 12.2. The van der Waals surface area contributed by atoms with E-state index in [1.165, 1.54) is 11.1 Å². The largest absolute Gasteiger partial charge is 0.355 e. The molecule has 2 N–H and O–H groups in total. The highest BCUT2D eigenvalue weighted by Crippen LogP contribution is 2.29. The molecule has 4 nitrogen and oxygen atoms in total. The van der Waals surface area contributed by atoms with E-state index in [4.69, 9.17) is 0 Å². The van der Waals surface area contributed by atoms with Crippen LogP contribution in [0.3, 0.4) is 0 Å². The molecule has 0 saturated carbocycles. The van der Waals surface area contributed by atoms with Crippen LogP contribution in [-0.4, -0.2) is 18.4 Å². The molecule has 0 saturated heterocycles. The van der Waals surface area contributed by atoms with Crippen LogP contribution in [0.15, 0.2) is 54.6 Å². The lowest BCUT2D eigenvalue weighted by atomic mass is 9.88. The monoisotopic (exact) mass is 336 g/mol. The molecule has 25 heavy (non-hydrogen) atoms. The Labute approximate surface area is 148 Å². The van der Waals surface area contributed by atoms with Gasteiger partial charge in [0.1, 0.15) is 0 Å². The lowest BCUT2D eigenvalue weighted by Crippen LogP contribution is -2.34. The number of carbonyl (C=O) groups is 2. The number of rotatable bonds is 6. The minimum absolute atomic E-state index is 0.0123. The van der Waals surface area contributed by atoms with Gasteiger partial charge in [0.2, 0.25) is 11.8 Å². The van der Waals surface area contributed by atoms with E-state index >= 15 is 0 Å². The lowest BCUT2D eigenvalue weighted by molar-refractivity contribution is -0.122. The van der Waals surface area contributed by atoms with Gasteiger partial charge in [0.25, 0.3) is 0 Å². The van der Waals surface area contributed by atoms with E-state index in [-0.39, 0.29) is 17.9 Å². The molecule has 4 heteroatoms. The van der Waals surface area contributed by atoms with Crippen molar-refractivity contribution < 1.29 is 9.59 Å². The summed E-state index contributed by atoms with van der Waals surface area (Å²) < 4.78 is 0. The topological polar surface area (TPSA) is 58.2 Å². The number of aryl methyl sites for hydroxylation is 1. The molecule has 0 aromatic heterocycles. The molecule has 2 aromatic rings. The van der Waals surface area contributed by atoms with Crippen molar-refractivity contribution in [2.45, 2.75) is 38.1 Å². The summed E-state index contributed by atoms with van der Waals surface area (Å²) in [6.07, 6.45) is 3.80. The lowest BCUT2D eigenvalue weighted by Gasteiger charge is -2.26. The summed E-state index contributed by atoms with van der Waals surface area (Å²) in [5.74, 6) is -0.0660. The zero-order valence-electron chi connectivity index (χ0n) is 14.3. The Hall–Kier alpha value is -2.62. The maximum absolute atomic E-state index is 12.2. The Balaban J connectivity index is 1.42. The second-order valence-electron chi connectivity index (χ2n) is 6.47. The van der Waals surface area contributed by atoms with Crippen LogP contribution >= 0.6 is 0 Å². The van der Waals surface area contributed by atoms with Crippen LogP contribution in [0.1, 0.15) is 42.0 Å². The van der Waals surface area contributed by atoms with Crippen molar-refractivity contribution in [3.05, 3.63) is 71.3 Å². The van der Waals surface area contributed by atoms with Crippen molar-refractivity contribution in [2.24, 2.45) is 0 Å². The molecule has 0 aliphatic heterocycles. The van der Waals surface area contributed by atoms with Crippen LogP contribution in [-0.2, 0) is 22.4 Å². The number of amides is 2. The molecule has 1 aliphatic rings. The summed E-state index contributed by atoms with van der Waals surface area (Å²) in [6, 6.07) is 18.0. The Bertz CT molecular complexity index is 728. The number of fused-ring (bicyclic) bond motifs is 1. The standard InChI is InChI=1S/C21H24N2O2/c24-20(13-14-22-21(25)15-16-7-2-1-3-8-16)23-19-12-6-10-17-9-4-5-11-18(17)19/h1-5,7-9,11,19H,6,10,12-15H2,(H,22,25)(H,23,24). The fourth-order valence-corrected chi connectivity index (χ4v) is 3.33. The molecule has 2 amide bonds. The van der Waals surface area contributed by atoms with Gasteiger partial charge < -0.3 is 10.6 Å². The summed E-state index contributed by atoms with van der Waals surface area (Å²) in [5.41, 5.74) is 3.54. The van der Waals surface area contributed by atoms with Crippen molar-refractivity contribution in [3.8, 4) is 0 Å². The Morgan fingerprint density at radius 3 is 2.56 bits per heavy atom. The highest BCUT2D eigenvalue weighted by molar-refractivity contribution is 5.80. The SMILES string of the molecule is O=C(Cc1ccccc1)NCCC(=O)NC1CCCc2ccccc21. The first kappa shape index (κ1) is 17.2. The van der Waals surface area contributed by atoms with Crippen molar-refractivity contribution in [3.63, 3.8) is 0 Å². The third-order valence-corrected chi connectivity index (χ3v) is 4.59. The highest BCUT2D eigenvalue weighted by Gasteiger charge is 2.21. The van der Waals surface area contributed by atoms with Gasteiger partial charge >= 0.3 is 0 Å². The highest BCUT2D eigenvalue weighted by atomic mass is 16.2. The molecule has 0 spiro atoms. The molecule has 2 aromatic carbocycles. The quantitative estimate of drug-likeness (QED) is 0.852. The summed E-state index contributed by atoms with van der Waals surface area (Å²) in [6.45, 7) is 0.367. The zero-order valence-corrected chi connectivity index (χ0v) is 14.3. The second-order valence-corrected chi connectivity index (χ2v) is 6.47. The Morgan fingerprint density at radius 2 is 1.72 bits per heavy atom. The van der Waals surface area contributed by atoms with Gasteiger partial charge in [0, 0.05) is 13.0 Å². The first-order chi connectivity index (χ1) is 12.2. The van der Waals surface area contributed by atoms with Gasteiger partial charge in [-0.3, -0.25) is 9.59 Å². The average Bonchev–Trinajstić information content (AvgIpc) is 2.63. The first-order valence-electron chi connectivity index (χ1n) is 8.90. The predicted octanol–water partition coefficient (Wildman–Crippen LogP) is 2.93. The molecule has 0 radical (unpaired) electrons. The van der Waals surface area contributed by atoms with Crippen molar-refractivity contribution in [1.82, 2.24) is 10.6 Å². The van der Waals surface area contributed by atoms with E-state index in [1.54, 1.807) is 0 Å². The number of hydrogen-bond donors (Lipinski definition) is 2. The van der Waals surface area contributed by atoms with Gasteiger partial charge in [-0.25, -0.2) is 0 Å². The number of benzene rings is 2.